The molecule has 4 rings (SSSR count). The molecule has 0 unspecified atom stereocenters. The Bertz CT molecular complexity index is 908. The molecule has 0 saturated carbocycles. The second-order valence-electron chi connectivity index (χ2n) is 8.07. The second-order valence-corrected chi connectivity index (χ2v) is 8.07. The third-order valence-electron chi connectivity index (χ3n) is 5.79. The molecule has 7 heteroatoms. The molecular weight excluding hydrogens is 407 g/mol. The lowest BCUT2D eigenvalue weighted by Gasteiger charge is -2.29. The van der Waals surface area contributed by atoms with E-state index in [9.17, 15) is 9.18 Å². The molecule has 2 fully saturated rings. The molecule has 2 aromatic rings. The summed E-state index contributed by atoms with van der Waals surface area (Å²) < 4.78 is 25.1. The minimum atomic E-state index is -0.277. The number of rotatable bonds is 5. The highest BCUT2D eigenvalue weighted by molar-refractivity contribution is 5.95. The van der Waals surface area contributed by atoms with Crippen molar-refractivity contribution >= 4 is 18.3 Å². The van der Waals surface area contributed by atoms with E-state index in [-0.39, 0.29) is 42.2 Å². The maximum Gasteiger partial charge on any atom is 0.254 e. The highest BCUT2D eigenvalue weighted by atomic mass is 35.5. The van der Waals surface area contributed by atoms with Gasteiger partial charge >= 0.3 is 0 Å². The lowest BCUT2D eigenvalue weighted by Crippen LogP contribution is -2.34. The van der Waals surface area contributed by atoms with Crippen LogP contribution in [0.4, 0.5) is 4.39 Å². The number of likely N-dealkylation sites (tertiary alicyclic amines) is 1. The Kier molecular flexibility index (Phi) is 6.88. The highest BCUT2D eigenvalue weighted by Crippen LogP contribution is 2.43. The predicted molar refractivity (Wildman–Crippen MR) is 116 cm³/mol. The minimum Gasteiger partial charge on any atom is -0.493 e. The largest absolute Gasteiger partial charge is 0.493 e. The fraction of sp³-hybridized carbons (Fsp3) is 0.435. The van der Waals surface area contributed by atoms with Crippen molar-refractivity contribution in [1.29, 1.82) is 0 Å². The maximum atomic E-state index is 13.9. The SMILES string of the molecule is COc1cc(C(=O)N2C[C@@H]3CNC[C@@H]3[C@H]2c2cccc(F)c2)ccc1OC(C)C.Cl. The van der Waals surface area contributed by atoms with Crippen LogP contribution >= 0.6 is 12.4 Å². The van der Waals surface area contributed by atoms with E-state index in [1.807, 2.05) is 24.8 Å². The summed E-state index contributed by atoms with van der Waals surface area (Å²) in [6.45, 7) is 6.26. The van der Waals surface area contributed by atoms with Gasteiger partial charge in [0.2, 0.25) is 0 Å². The number of carbonyl (C=O) groups is 1. The molecule has 0 aliphatic carbocycles. The number of nitrogens with one attached hydrogen (secondary N) is 1. The molecule has 2 saturated heterocycles. The second kappa shape index (κ2) is 9.23. The number of nitrogens with zero attached hydrogens (tertiary/aromatic N) is 1. The van der Waals surface area contributed by atoms with Crippen molar-refractivity contribution in [3.63, 3.8) is 0 Å². The number of hydrogen-bond donors (Lipinski definition) is 1. The first-order valence-electron chi connectivity index (χ1n) is 10.1. The third-order valence-corrected chi connectivity index (χ3v) is 5.79. The smallest absolute Gasteiger partial charge is 0.254 e. The Labute approximate surface area is 183 Å². The molecule has 2 aliphatic heterocycles. The van der Waals surface area contributed by atoms with Gasteiger partial charge in [0.05, 0.1) is 19.3 Å². The van der Waals surface area contributed by atoms with Gasteiger partial charge in [-0.25, -0.2) is 4.39 Å². The van der Waals surface area contributed by atoms with E-state index in [0.29, 0.717) is 29.5 Å². The van der Waals surface area contributed by atoms with Crippen LogP contribution in [0.25, 0.3) is 0 Å². The van der Waals surface area contributed by atoms with Crippen LogP contribution < -0.4 is 14.8 Å². The van der Waals surface area contributed by atoms with Crippen LogP contribution in [0.2, 0.25) is 0 Å². The van der Waals surface area contributed by atoms with Gasteiger partial charge in [-0.15, -0.1) is 12.4 Å². The van der Waals surface area contributed by atoms with Crippen LogP contribution in [-0.2, 0) is 0 Å². The number of carbonyl (C=O) groups excluding carboxylic acids is 1. The molecule has 1 N–H and O–H groups in total. The zero-order valence-electron chi connectivity index (χ0n) is 17.4. The molecule has 0 bridgehead atoms. The van der Waals surface area contributed by atoms with Crippen molar-refractivity contribution in [1.82, 2.24) is 10.2 Å². The number of amides is 1. The van der Waals surface area contributed by atoms with Gasteiger partial charge in [-0.2, -0.15) is 0 Å². The molecule has 162 valence electrons. The molecule has 2 heterocycles. The Morgan fingerprint density at radius 2 is 1.97 bits per heavy atom. The summed E-state index contributed by atoms with van der Waals surface area (Å²) in [4.78, 5) is 15.4. The number of fused-ring (bicyclic) bond motifs is 1. The van der Waals surface area contributed by atoms with Gasteiger partial charge in [0.15, 0.2) is 11.5 Å². The predicted octanol–water partition coefficient (Wildman–Crippen LogP) is 4.08. The van der Waals surface area contributed by atoms with Gasteiger partial charge in [-0.3, -0.25) is 4.79 Å². The number of halogens is 2. The summed E-state index contributed by atoms with van der Waals surface area (Å²) in [6.07, 6.45) is 0.00765. The first kappa shape index (κ1) is 22.4. The quantitative estimate of drug-likeness (QED) is 0.770. The molecule has 0 radical (unpaired) electrons. The Morgan fingerprint density at radius 3 is 2.67 bits per heavy atom. The van der Waals surface area contributed by atoms with Gasteiger partial charge in [0.25, 0.3) is 5.91 Å². The molecule has 2 aromatic carbocycles. The van der Waals surface area contributed by atoms with Crippen LogP contribution in [0.1, 0.15) is 35.8 Å². The lowest BCUT2D eigenvalue weighted by molar-refractivity contribution is 0.0713. The first-order valence-corrected chi connectivity index (χ1v) is 10.1. The average molecular weight is 435 g/mol. The van der Waals surface area contributed by atoms with E-state index in [2.05, 4.69) is 5.32 Å². The van der Waals surface area contributed by atoms with Crippen molar-refractivity contribution in [3.8, 4) is 11.5 Å². The van der Waals surface area contributed by atoms with E-state index in [1.54, 1.807) is 37.4 Å². The number of ether oxygens (including phenoxy) is 2. The molecule has 0 aromatic heterocycles. The average Bonchev–Trinajstić information content (AvgIpc) is 3.28. The van der Waals surface area contributed by atoms with Gasteiger partial charge in [0.1, 0.15) is 5.82 Å². The van der Waals surface area contributed by atoms with Crippen molar-refractivity contribution in [2.45, 2.75) is 26.0 Å². The molecule has 0 spiro atoms. The zero-order chi connectivity index (χ0) is 20.5. The fourth-order valence-electron chi connectivity index (χ4n) is 4.56. The van der Waals surface area contributed by atoms with Crippen LogP contribution in [0.5, 0.6) is 11.5 Å². The van der Waals surface area contributed by atoms with Crippen molar-refractivity contribution in [3.05, 3.63) is 59.4 Å². The lowest BCUT2D eigenvalue weighted by atomic mass is 9.89. The monoisotopic (exact) mass is 434 g/mol. The van der Waals surface area contributed by atoms with Crippen molar-refractivity contribution < 1.29 is 18.7 Å². The van der Waals surface area contributed by atoms with Gasteiger partial charge in [-0.05, 0) is 55.7 Å². The number of benzene rings is 2. The summed E-state index contributed by atoms with van der Waals surface area (Å²) in [6, 6.07) is 11.8. The highest BCUT2D eigenvalue weighted by Gasteiger charge is 2.47. The van der Waals surface area contributed by atoms with E-state index in [0.717, 1.165) is 18.7 Å². The Hall–Kier alpha value is -2.31. The van der Waals surface area contributed by atoms with Crippen LogP contribution in [-0.4, -0.2) is 43.7 Å². The van der Waals surface area contributed by atoms with Crippen molar-refractivity contribution in [2.24, 2.45) is 11.8 Å². The van der Waals surface area contributed by atoms with E-state index in [1.165, 1.54) is 6.07 Å². The van der Waals surface area contributed by atoms with Crippen molar-refractivity contribution in [2.75, 3.05) is 26.7 Å². The summed E-state index contributed by atoms with van der Waals surface area (Å²) in [5.41, 5.74) is 1.40. The summed E-state index contributed by atoms with van der Waals surface area (Å²) >= 11 is 0. The minimum absolute atomic E-state index is 0. The molecule has 2 aliphatic rings. The van der Waals surface area contributed by atoms with Crippen LogP contribution in [0.3, 0.4) is 0 Å². The summed E-state index contributed by atoms with van der Waals surface area (Å²) in [5, 5.41) is 3.41. The number of hydrogen-bond acceptors (Lipinski definition) is 4. The zero-order valence-corrected chi connectivity index (χ0v) is 18.2. The molecule has 3 atom stereocenters. The normalized spacial score (nSPS) is 22.6. The maximum absolute atomic E-state index is 13.9. The van der Waals surface area contributed by atoms with E-state index < -0.39 is 0 Å². The van der Waals surface area contributed by atoms with Gasteiger partial charge in [0, 0.05) is 31.1 Å². The summed E-state index contributed by atoms with van der Waals surface area (Å²) in [5.74, 6) is 1.46. The van der Waals surface area contributed by atoms with Gasteiger partial charge < -0.3 is 19.7 Å². The standard InChI is InChI=1S/C23H27FN2O3.ClH/c1-14(2)29-20-8-7-16(10-21(20)28-3)23(27)26-13-17-11-25-12-19(17)22(26)15-5-4-6-18(24)9-15;/h4-10,14,17,19,22,25H,11-13H2,1-3H3;1H/t17-,19-,22+;/m0./s1. The molecule has 5 nitrogen and oxygen atoms in total. The summed E-state index contributed by atoms with van der Waals surface area (Å²) in [7, 11) is 1.57. The van der Waals surface area contributed by atoms with E-state index in [4.69, 9.17) is 9.47 Å². The molecule has 1 amide bonds. The third kappa shape index (κ3) is 4.25. The molecule has 30 heavy (non-hydrogen) atoms. The Balaban J connectivity index is 0.00000256. The van der Waals surface area contributed by atoms with Crippen LogP contribution in [0, 0.1) is 17.7 Å². The first-order chi connectivity index (χ1) is 14.0. The van der Waals surface area contributed by atoms with Crippen LogP contribution in [0.15, 0.2) is 42.5 Å². The number of methoxy groups -OCH3 is 1. The fourth-order valence-corrected chi connectivity index (χ4v) is 4.56. The topological polar surface area (TPSA) is 50.8 Å². The van der Waals surface area contributed by atoms with E-state index >= 15 is 0 Å². The molecular formula is C23H28ClFN2O3. The Morgan fingerprint density at radius 1 is 1.17 bits per heavy atom. The van der Waals surface area contributed by atoms with Gasteiger partial charge in [-0.1, -0.05) is 12.1 Å².